The van der Waals surface area contributed by atoms with Crippen LogP contribution in [0.25, 0.3) is 0 Å². The molecular formula is C81H90N8O20S4. The Kier molecular flexibility index (Phi) is 35.4. The molecular weight excluding hydrogens is 1530 g/mol. The molecule has 11 rings (SSSR count). The van der Waals surface area contributed by atoms with Crippen molar-refractivity contribution in [2.75, 3.05) is 23.0 Å². The minimum Gasteiger partial charge on any atom is -0.480 e. The summed E-state index contributed by atoms with van der Waals surface area (Å²) in [6.07, 6.45) is 25.9. The van der Waals surface area contributed by atoms with E-state index < -0.39 is 99.8 Å². The number of hydrogen-bond donors (Lipinski definition) is 12. The van der Waals surface area contributed by atoms with Crippen LogP contribution in [0.4, 0.5) is 0 Å². The van der Waals surface area contributed by atoms with Crippen LogP contribution in [-0.2, 0) is 83.2 Å². The molecule has 0 bridgehead atoms. The molecule has 0 aromatic heterocycles. The number of unbranched alkanes of at least 4 members (excludes halogenated alkanes) is 1. The Morgan fingerprint density at radius 1 is 0.496 bits per heavy atom. The molecule has 113 heavy (non-hydrogen) atoms. The third kappa shape index (κ3) is 28.0. The van der Waals surface area contributed by atoms with Crippen LogP contribution in [0.5, 0.6) is 0 Å². The van der Waals surface area contributed by atoms with Gasteiger partial charge in [0.25, 0.3) is 5.91 Å². The molecule has 4 aromatic rings. The summed E-state index contributed by atoms with van der Waals surface area (Å²) >= 11 is 5.14. The number of fused-ring (bicyclic) bond motifs is 1. The van der Waals surface area contributed by atoms with E-state index in [0.717, 1.165) is 67.2 Å². The lowest BCUT2D eigenvalue weighted by Crippen LogP contribution is -2.70. The highest BCUT2D eigenvalue weighted by Crippen LogP contribution is 2.42. The molecule has 5 amide bonds. The van der Waals surface area contributed by atoms with Crippen LogP contribution in [-0.4, -0.2) is 198 Å². The molecule has 1 saturated heterocycles. The summed E-state index contributed by atoms with van der Waals surface area (Å²) in [6.45, 7) is 4.00. The molecule has 2 saturated carbocycles. The zero-order valence-electron chi connectivity index (χ0n) is 61.7. The van der Waals surface area contributed by atoms with Gasteiger partial charge in [0.15, 0.2) is 18.1 Å². The summed E-state index contributed by atoms with van der Waals surface area (Å²) in [6, 6.07) is 31.7. The fraction of sp³-hybridized carbons (Fsp3) is 0.333. The number of aliphatic carboxylic acids is 7. The molecule has 0 radical (unpaired) electrons. The van der Waals surface area contributed by atoms with Gasteiger partial charge in [0, 0.05) is 23.0 Å². The second kappa shape index (κ2) is 44.8. The fourth-order valence-electron chi connectivity index (χ4n) is 11.4. The van der Waals surface area contributed by atoms with Crippen LogP contribution < -0.4 is 26.6 Å². The predicted octanol–water partition coefficient (Wildman–Crippen LogP) is 7.84. The summed E-state index contributed by atoms with van der Waals surface area (Å²) < 4.78 is 0. The van der Waals surface area contributed by atoms with Gasteiger partial charge in [-0.2, -0.15) is 0 Å². The van der Waals surface area contributed by atoms with Crippen molar-refractivity contribution in [2.24, 2.45) is 21.8 Å². The second-order valence-electron chi connectivity index (χ2n) is 26.3. The normalized spacial score (nSPS) is 20.6. The molecule has 8 atom stereocenters. The Hall–Kier alpha value is -11.1. The minimum atomic E-state index is -1.32. The van der Waals surface area contributed by atoms with E-state index in [1.165, 1.54) is 51.9 Å². The molecule has 2 aliphatic carbocycles. The highest BCUT2D eigenvalue weighted by molar-refractivity contribution is 8.01. The number of hydrogen-bond acceptors (Lipinski definition) is 19. The van der Waals surface area contributed by atoms with Crippen LogP contribution in [0.2, 0.25) is 0 Å². The van der Waals surface area contributed by atoms with Crippen molar-refractivity contribution in [1.82, 2.24) is 31.5 Å². The highest BCUT2D eigenvalue weighted by Gasteiger charge is 2.54. The van der Waals surface area contributed by atoms with Gasteiger partial charge in [-0.05, 0) is 94.9 Å². The number of carboxylic acids is 7. The molecule has 4 aromatic carbocycles. The van der Waals surface area contributed by atoms with Gasteiger partial charge in [-0.1, -0.05) is 202 Å². The van der Waals surface area contributed by atoms with Crippen molar-refractivity contribution in [3.8, 4) is 0 Å². The van der Waals surface area contributed by atoms with E-state index in [1.54, 1.807) is 103 Å². The Balaban J connectivity index is 0.000000208. The number of amides is 5. The molecule has 598 valence electrons. The molecule has 32 heteroatoms. The Morgan fingerprint density at radius 3 is 1.27 bits per heavy atom. The zero-order valence-corrected chi connectivity index (χ0v) is 65.0. The Labute approximate surface area is 669 Å². The van der Waals surface area contributed by atoms with E-state index >= 15 is 0 Å². The lowest BCUT2D eigenvalue weighted by Gasteiger charge is -2.49. The largest absolute Gasteiger partial charge is 0.480 e. The van der Waals surface area contributed by atoms with Crippen LogP contribution in [0, 0.1) is 11.8 Å². The fourth-order valence-corrected chi connectivity index (χ4v) is 16.2. The zero-order chi connectivity index (χ0) is 80.8. The van der Waals surface area contributed by atoms with E-state index in [2.05, 4.69) is 36.6 Å². The average Bonchev–Trinajstić information content (AvgIpc) is 1.72. The summed E-state index contributed by atoms with van der Waals surface area (Å²) in [5.74, 6) is -7.83. The van der Waals surface area contributed by atoms with Crippen molar-refractivity contribution in [3.63, 3.8) is 0 Å². The number of carbonyl (C=O) groups excluding carboxylic acids is 5. The minimum absolute atomic E-state index is 0. The van der Waals surface area contributed by atoms with Crippen molar-refractivity contribution in [3.05, 3.63) is 238 Å². The number of benzene rings is 4. The van der Waals surface area contributed by atoms with Gasteiger partial charge in [0.05, 0.1) is 25.7 Å². The van der Waals surface area contributed by atoms with Gasteiger partial charge < -0.3 is 67.8 Å². The monoisotopic (exact) mass is 1620 g/mol. The SMILES string of the molecule is CC/C=C/C=C1\CSC(C(NC(=O)Cc2ccccc2)C(=O)O)N=C1C(=O)O.CCC/C=C/C=C1\CSC(C(NC(=O)Cc2ccccc2)C(=O)O)N=C1C(=O)O.O.O=C(Cc1ccccc1)NC(C(=O)O)C1NC(C(=O)O)=C(/C=C/C2CC2)CS1.O=C(Cc1ccccc1)NC1C(=O)N2C(C(=O)O)=C(/C=C/C3CC3)CSC12. The van der Waals surface area contributed by atoms with E-state index in [-0.39, 0.29) is 71.2 Å². The van der Waals surface area contributed by atoms with Gasteiger partial charge in [0.2, 0.25) is 23.6 Å². The summed E-state index contributed by atoms with van der Waals surface area (Å²) in [7, 11) is 0. The van der Waals surface area contributed by atoms with Gasteiger partial charge in [0.1, 0.15) is 50.4 Å². The average molecular weight is 1620 g/mol. The summed E-state index contributed by atoms with van der Waals surface area (Å²) in [5.41, 5.74) is 5.17. The number of nitrogens with one attached hydrogen (secondary N) is 5. The van der Waals surface area contributed by atoms with Gasteiger partial charge in [-0.25, -0.2) is 33.6 Å². The maximum atomic E-state index is 12.6. The quantitative estimate of drug-likeness (QED) is 0.0213. The standard InChI is InChI=1S/C21H24N2O5S.2C20H22N2O5S.C20H20N2O4S.H2O/c1-2-3-4-8-11-15-13-29-19(23-17(15)20(25)26)18(21(27)28)22-16(24)12-14-9-6-5-7-10-14;23-15(10-13-4-2-1-3-5-13)21-17(20(26)27)18-22-16(19(24)25)14(11-28-18)9-8-12-6-7-12;1-2-3-5-10-14-12-28-18(22-16(14)19(24)25)17(20(26)27)21-15(23)11-13-8-6-4-7-9-13;23-15(10-13-4-2-1-3-5-13)21-16-18(24)22-17(20(25)26)14(11-27-19(16)22)9-8-12-6-7-12;/h4-11,18-19H,2-3,12-13H2,1H3,(H,22,24)(H,25,26)(H,27,28);1-5,8-9,12,17-18,22H,6-7,10-11H2,(H,21,23)(H,24,25)(H,26,27);3-10,17-18H,2,11-12H2,1H3,(H,21,23)(H,24,25)(H,26,27);1-5,8-9,12,16,19H,6-7,10-11H2,(H,21,23)(H,25,26);1H2/b8-4+,15-11+;9-8+;5-3+,14-10+;9-8+;. The summed E-state index contributed by atoms with van der Waals surface area (Å²) in [4.78, 5) is 153. The van der Waals surface area contributed by atoms with Crippen molar-refractivity contribution < 1.29 is 98.8 Å². The molecule has 5 aliphatic heterocycles. The number of aliphatic imine (C=N–C) groups is 2. The lowest BCUT2D eigenvalue weighted by molar-refractivity contribution is -0.150. The number of rotatable bonds is 31. The number of β-lactam (4-membered cyclic amide) rings is 1. The molecule has 14 N–H and O–H groups in total. The number of carboxylic acid groups (broad SMARTS) is 7. The first-order chi connectivity index (χ1) is 53.8. The lowest BCUT2D eigenvalue weighted by atomic mass is 10.0. The molecule has 8 unspecified atom stereocenters. The van der Waals surface area contributed by atoms with Crippen LogP contribution >= 0.6 is 47.0 Å². The first-order valence-electron chi connectivity index (χ1n) is 36.0. The molecule has 5 heterocycles. The number of allylic oxidation sites excluding steroid dienone is 10. The van der Waals surface area contributed by atoms with Gasteiger partial charge in [-0.15, -0.1) is 47.0 Å². The number of carbonyl (C=O) groups is 12. The molecule has 3 fully saturated rings. The molecule has 7 aliphatic rings. The topological polar surface area (TPSA) is 466 Å². The van der Waals surface area contributed by atoms with Crippen LogP contribution in [0.3, 0.4) is 0 Å². The summed E-state index contributed by atoms with van der Waals surface area (Å²) in [5, 5.41) is 76.7. The van der Waals surface area contributed by atoms with E-state index in [0.29, 0.717) is 57.1 Å². The smallest absolute Gasteiger partial charge is 0.354 e. The highest BCUT2D eigenvalue weighted by atomic mass is 32.2. The van der Waals surface area contributed by atoms with Crippen molar-refractivity contribution in [2.45, 2.75) is 130 Å². The third-order valence-corrected chi connectivity index (χ3v) is 22.4. The van der Waals surface area contributed by atoms with E-state index in [9.17, 15) is 93.3 Å². The van der Waals surface area contributed by atoms with Crippen molar-refractivity contribution >= 4 is 130 Å². The second-order valence-corrected chi connectivity index (χ2v) is 30.8. The van der Waals surface area contributed by atoms with Crippen molar-refractivity contribution in [1.29, 1.82) is 0 Å². The number of nitrogens with zero attached hydrogens (tertiary/aromatic N) is 3. The molecule has 0 spiro atoms. The number of thioether (sulfide) groups is 4. The third-order valence-electron chi connectivity index (χ3n) is 17.5. The van der Waals surface area contributed by atoms with E-state index in [4.69, 9.17) is 0 Å². The van der Waals surface area contributed by atoms with Gasteiger partial charge in [-0.3, -0.25) is 38.9 Å². The predicted molar refractivity (Wildman–Crippen MR) is 433 cm³/mol. The molecule has 28 nitrogen and oxygen atoms in total. The Bertz CT molecular complexity index is 4430. The van der Waals surface area contributed by atoms with Gasteiger partial charge >= 0.3 is 41.8 Å². The van der Waals surface area contributed by atoms with E-state index in [1.807, 2.05) is 92.8 Å². The first kappa shape index (κ1) is 89.1. The maximum absolute atomic E-state index is 12.6. The first-order valence-corrected chi connectivity index (χ1v) is 40.2. The van der Waals surface area contributed by atoms with Crippen LogP contribution in [0.15, 0.2) is 226 Å². The Morgan fingerprint density at radius 2 is 0.894 bits per heavy atom. The van der Waals surface area contributed by atoms with Crippen LogP contribution in [0.1, 0.15) is 81.0 Å². The maximum Gasteiger partial charge on any atom is 0.354 e.